The molecule has 4 rings (SSSR count). The molecule has 8 nitrogen and oxygen atoms in total. The van der Waals surface area contributed by atoms with Crippen molar-refractivity contribution in [1.29, 1.82) is 0 Å². The first-order valence-corrected chi connectivity index (χ1v) is 10.9. The highest BCUT2D eigenvalue weighted by Gasteiger charge is 2.34. The van der Waals surface area contributed by atoms with Crippen molar-refractivity contribution in [2.45, 2.75) is 19.4 Å². The number of rotatable bonds is 7. The van der Waals surface area contributed by atoms with Crippen LogP contribution in [0.25, 0.3) is 0 Å². The number of nitrogens with zero attached hydrogens (tertiary/aromatic N) is 3. The van der Waals surface area contributed by atoms with Crippen LogP contribution in [0.3, 0.4) is 0 Å². The summed E-state index contributed by atoms with van der Waals surface area (Å²) in [5.74, 6) is 2.64. The van der Waals surface area contributed by atoms with Gasteiger partial charge in [0.2, 0.25) is 0 Å². The first-order chi connectivity index (χ1) is 15.5. The predicted molar refractivity (Wildman–Crippen MR) is 120 cm³/mol. The fourth-order valence-corrected chi connectivity index (χ4v) is 4.47. The van der Waals surface area contributed by atoms with Gasteiger partial charge >= 0.3 is 0 Å². The molecular weight excluding hydrogens is 430 g/mol. The number of hydrogen-bond acceptors (Lipinski definition) is 8. The van der Waals surface area contributed by atoms with Crippen LogP contribution < -0.4 is 18.9 Å². The van der Waals surface area contributed by atoms with Crippen LogP contribution in [0.15, 0.2) is 36.4 Å². The van der Waals surface area contributed by atoms with Crippen LogP contribution in [0.1, 0.15) is 32.5 Å². The van der Waals surface area contributed by atoms with Crippen LogP contribution in [-0.4, -0.2) is 54.9 Å². The monoisotopic (exact) mass is 455 g/mol. The Labute approximate surface area is 190 Å². The summed E-state index contributed by atoms with van der Waals surface area (Å²) in [5, 5.41) is 4.00. The van der Waals surface area contributed by atoms with Crippen LogP contribution in [0.5, 0.6) is 23.0 Å². The van der Waals surface area contributed by atoms with Crippen LogP contribution >= 0.6 is 11.5 Å². The number of fused-ring (bicyclic) bond motifs is 1. The van der Waals surface area contributed by atoms with Crippen LogP contribution in [0, 0.1) is 6.92 Å². The van der Waals surface area contributed by atoms with Gasteiger partial charge in [0, 0.05) is 6.54 Å². The van der Waals surface area contributed by atoms with Crippen LogP contribution in [-0.2, 0) is 6.42 Å². The first kappa shape index (κ1) is 21.9. The van der Waals surface area contributed by atoms with Gasteiger partial charge in [0.1, 0.15) is 23.0 Å². The molecule has 9 heteroatoms. The van der Waals surface area contributed by atoms with Crippen molar-refractivity contribution >= 4 is 17.4 Å². The number of carbonyl (C=O) groups excluding carboxylic acids is 1. The standard InChI is InChI=1S/C23H25N3O5S/c1-14-22(32-25-24-14)23(27)26-10-9-15-11-20(29-3)21(30-4)12-18(15)19(26)13-31-17-7-5-16(28-2)6-8-17/h5-8,11-12,19H,9-10,13H2,1-4H3. The summed E-state index contributed by atoms with van der Waals surface area (Å²) in [5.41, 5.74) is 2.72. The van der Waals surface area contributed by atoms with E-state index in [2.05, 4.69) is 9.59 Å². The number of amides is 1. The third-order valence-electron chi connectivity index (χ3n) is 5.58. The maximum atomic E-state index is 13.4. The number of benzene rings is 2. The summed E-state index contributed by atoms with van der Waals surface area (Å²) in [4.78, 5) is 15.8. The summed E-state index contributed by atoms with van der Waals surface area (Å²) >= 11 is 1.12. The molecule has 32 heavy (non-hydrogen) atoms. The number of aryl methyl sites for hydroxylation is 1. The van der Waals surface area contributed by atoms with Crippen molar-refractivity contribution in [2.24, 2.45) is 0 Å². The van der Waals surface area contributed by atoms with Gasteiger partial charge in [-0.3, -0.25) is 4.79 Å². The topological polar surface area (TPSA) is 83.0 Å². The summed E-state index contributed by atoms with van der Waals surface area (Å²) in [6.45, 7) is 2.63. The van der Waals surface area contributed by atoms with Gasteiger partial charge in [-0.2, -0.15) is 0 Å². The smallest absolute Gasteiger partial charge is 0.268 e. The van der Waals surface area contributed by atoms with E-state index in [9.17, 15) is 4.79 Å². The van der Waals surface area contributed by atoms with E-state index < -0.39 is 0 Å². The van der Waals surface area contributed by atoms with Crippen LogP contribution in [0.2, 0.25) is 0 Å². The second-order valence-corrected chi connectivity index (χ2v) is 8.10. The second kappa shape index (κ2) is 9.44. The van der Waals surface area contributed by atoms with Gasteiger partial charge in [0.05, 0.1) is 33.1 Å². The molecule has 0 aliphatic carbocycles. The molecule has 1 aromatic heterocycles. The van der Waals surface area contributed by atoms with Crippen molar-refractivity contribution in [2.75, 3.05) is 34.5 Å². The Balaban J connectivity index is 1.68. The number of carbonyl (C=O) groups is 1. The average molecular weight is 456 g/mol. The van der Waals surface area contributed by atoms with Crippen molar-refractivity contribution in [1.82, 2.24) is 14.5 Å². The zero-order valence-corrected chi connectivity index (χ0v) is 19.3. The van der Waals surface area contributed by atoms with E-state index in [4.69, 9.17) is 18.9 Å². The largest absolute Gasteiger partial charge is 0.497 e. The zero-order valence-electron chi connectivity index (χ0n) is 18.5. The molecule has 1 amide bonds. The Morgan fingerprint density at radius 2 is 1.75 bits per heavy atom. The van der Waals surface area contributed by atoms with E-state index in [1.807, 2.05) is 41.3 Å². The van der Waals surface area contributed by atoms with E-state index in [1.165, 1.54) is 0 Å². The normalized spacial score (nSPS) is 15.1. The van der Waals surface area contributed by atoms with E-state index >= 15 is 0 Å². The Bertz CT molecular complexity index is 1100. The quantitative estimate of drug-likeness (QED) is 0.537. The molecule has 0 saturated carbocycles. The molecule has 168 valence electrons. The molecule has 0 N–H and O–H groups in total. The third-order valence-corrected chi connectivity index (χ3v) is 6.39. The van der Waals surface area contributed by atoms with Crippen molar-refractivity contribution in [3.05, 3.63) is 58.1 Å². The minimum Gasteiger partial charge on any atom is -0.497 e. The molecular formula is C23H25N3O5S. The predicted octanol–water partition coefficient (Wildman–Crippen LogP) is 3.69. The van der Waals surface area contributed by atoms with Crippen molar-refractivity contribution in [3.63, 3.8) is 0 Å². The van der Waals surface area contributed by atoms with Gasteiger partial charge in [0.25, 0.3) is 5.91 Å². The Morgan fingerprint density at radius 1 is 1.06 bits per heavy atom. The van der Waals surface area contributed by atoms with Gasteiger partial charge in [-0.25, -0.2) is 0 Å². The fraction of sp³-hybridized carbons (Fsp3) is 0.348. The summed E-state index contributed by atoms with van der Waals surface area (Å²) in [7, 11) is 4.84. The maximum Gasteiger partial charge on any atom is 0.268 e. The molecule has 1 aliphatic rings. The fourth-order valence-electron chi connectivity index (χ4n) is 3.86. The number of hydrogen-bond donors (Lipinski definition) is 0. The Kier molecular flexibility index (Phi) is 6.45. The Morgan fingerprint density at radius 3 is 2.38 bits per heavy atom. The zero-order chi connectivity index (χ0) is 22.7. The Hall–Kier alpha value is -3.33. The molecule has 1 atom stereocenters. The molecule has 1 unspecified atom stereocenters. The van der Waals surface area contributed by atoms with E-state index in [0.29, 0.717) is 40.8 Å². The molecule has 1 aliphatic heterocycles. The van der Waals surface area contributed by atoms with Crippen molar-refractivity contribution in [3.8, 4) is 23.0 Å². The SMILES string of the molecule is COc1ccc(OCC2c3cc(OC)c(OC)cc3CCN2C(=O)c2snnc2C)cc1. The highest BCUT2D eigenvalue weighted by molar-refractivity contribution is 7.07. The minimum absolute atomic E-state index is 0.0961. The van der Waals surface area contributed by atoms with E-state index in [1.54, 1.807) is 28.3 Å². The van der Waals surface area contributed by atoms with Crippen molar-refractivity contribution < 1.29 is 23.7 Å². The minimum atomic E-state index is -0.311. The molecule has 0 spiro atoms. The first-order valence-electron chi connectivity index (χ1n) is 10.2. The van der Waals surface area contributed by atoms with Gasteiger partial charge in [-0.05, 0) is 72.4 Å². The molecule has 0 fully saturated rings. The third kappa shape index (κ3) is 4.20. The number of methoxy groups -OCH3 is 3. The molecule has 2 aromatic carbocycles. The molecule has 0 radical (unpaired) electrons. The highest BCUT2D eigenvalue weighted by Crippen LogP contribution is 2.39. The summed E-state index contributed by atoms with van der Waals surface area (Å²) in [6, 6.07) is 11.0. The van der Waals surface area contributed by atoms with Gasteiger partial charge in [-0.1, -0.05) is 4.49 Å². The lowest BCUT2D eigenvalue weighted by Gasteiger charge is -2.37. The van der Waals surface area contributed by atoms with E-state index in [-0.39, 0.29) is 18.6 Å². The lowest BCUT2D eigenvalue weighted by Crippen LogP contribution is -2.42. The average Bonchev–Trinajstić information content (AvgIpc) is 3.27. The molecule has 3 aromatic rings. The lowest BCUT2D eigenvalue weighted by atomic mass is 9.92. The van der Waals surface area contributed by atoms with Crippen LogP contribution in [0.4, 0.5) is 0 Å². The highest BCUT2D eigenvalue weighted by atomic mass is 32.1. The number of aromatic nitrogens is 2. The summed E-state index contributed by atoms with van der Waals surface area (Å²) < 4.78 is 26.3. The summed E-state index contributed by atoms with van der Waals surface area (Å²) in [6.07, 6.45) is 0.700. The second-order valence-electron chi connectivity index (χ2n) is 7.34. The number of ether oxygens (including phenoxy) is 4. The van der Waals surface area contributed by atoms with Gasteiger partial charge in [-0.15, -0.1) is 5.10 Å². The maximum absolute atomic E-state index is 13.4. The van der Waals surface area contributed by atoms with E-state index in [0.717, 1.165) is 28.4 Å². The van der Waals surface area contributed by atoms with Gasteiger partial charge in [0.15, 0.2) is 11.5 Å². The van der Waals surface area contributed by atoms with Gasteiger partial charge < -0.3 is 23.8 Å². The molecule has 0 bridgehead atoms. The lowest BCUT2D eigenvalue weighted by molar-refractivity contribution is 0.0593. The molecule has 0 saturated heterocycles. The molecule has 2 heterocycles.